The molecule has 1 amide bonds. The van der Waals surface area contributed by atoms with Crippen LogP contribution in [-0.4, -0.2) is 77.5 Å². The summed E-state index contributed by atoms with van der Waals surface area (Å²) in [4.78, 5) is 48.3. The zero-order chi connectivity index (χ0) is 31.0. The van der Waals surface area contributed by atoms with Crippen LogP contribution in [0, 0.1) is 11.8 Å². The summed E-state index contributed by atoms with van der Waals surface area (Å²) in [6.45, 7) is 0. The fraction of sp³-hybridized carbons (Fsp3) is 0.345. The van der Waals surface area contributed by atoms with E-state index < -0.39 is 58.0 Å². The predicted molar refractivity (Wildman–Crippen MR) is 157 cm³/mol. The van der Waals surface area contributed by atoms with E-state index in [-0.39, 0.29) is 34.8 Å². The highest BCUT2D eigenvalue weighted by molar-refractivity contribution is 6.42. The zero-order valence-electron chi connectivity index (χ0n) is 23.2. The quantitative estimate of drug-likeness (QED) is 0.247. The lowest BCUT2D eigenvalue weighted by Gasteiger charge is -2.50. The molecule has 3 aliphatic carbocycles. The molecular weight excluding hydrogens is 587 g/mol. The molecule has 0 spiro atoms. The molecule has 0 aromatic heterocycles. The summed E-state index contributed by atoms with van der Waals surface area (Å²) >= 11 is 12.4. The molecule has 5 rings (SSSR count). The van der Waals surface area contributed by atoms with Crippen LogP contribution < -0.4 is 21.4 Å². The predicted octanol–water partition coefficient (Wildman–Crippen LogP) is 2.55. The van der Waals surface area contributed by atoms with Crippen LogP contribution in [0.4, 0.5) is 5.69 Å². The fourth-order valence-electron chi connectivity index (χ4n) is 6.68. The summed E-state index contributed by atoms with van der Waals surface area (Å²) in [6.07, 6.45) is 0.228. The maximum Gasteiger partial charge on any atom is 0.255 e. The number of likely N-dealkylation sites (N-methyl/N-ethyl adjacent to an activating group) is 1. The van der Waals surface area contributed by atoms with Gasteiger partial charge in [0.05, 0.1) is 21.7 Å². The van der Waals surface area contributed by atoms with Crippen LogP contribution in [0.2, 0.25) is 10.0 Å². The zero-order valence-corrected chi connectivity index (χ0v) is 24.7. The molecule has 3 aliphatic rings. The maximum absolute atomic E-state index is 14.2. The summed E-state index contributed by atoms with van der Waals surface area (Å²) in [7, 11) is 6.75. The number of aliphatic hydroxyl groups is 3. The van der Waals surface area contributed by atoms with E-state index in [1.165, 1.54) is 4.90 Å². The van der Waals surface area contributed by atoms with Crippen LogP contribution in [-0.2, 0) is 20.8 Å². The van der Waals surface area contributed by atoms with Gasteiger partial charge >= 0.3 is 0 Å². The minimum Gasteiger partial charge on any atom is -0.508 e. The van der Waals surface area contributed by atoms with Crippen LogP contribution >= 0.6 is 23.2 Å². The molecule has 1 saturated carbocycles. The van der Waals surface area contributed by atoms with Gasteiger partial charge in [-0.25, -0.2) is 0 Å². The molecule has 13 heteroatoms. The van der Waals surface area contributed by atoms with E-state index in [9.17, 15) is 29.7 Å². The average molecular weight is 617 g/mol. The molecule has 1 fully saturated rings. The van der Waals surface area contributed by atoms with E-state index in [0.717, 1.165) is 0 Å². The molecule has 0 radical (unpaired) electrons. The third-order valence-electron chi connectivity index (χ3n) is 8.51. The van der Waals surface area contributed by atoms with Gasteiger partial charge in [0.2, 0.25) is 5.78 Å². The van der Waals surface area contributed by atoms with E-state index in [1.807, 2.05) is 25.1 Å². The van der Waals surface area contributed by atoms with Crippen molar-refractivity contribution in [3.8, 4) is 16.9 Å². The molecule has 0 bridgehead atoms. The summed E-state index contributed by atoms with van der Waals surface area (Å²) in [6, 6.07) is 5.58. The molecule has 4 atom stereocenters. The van der Waals surface area contributed by atoms with E-state index >= 15 is 0 Å². The van der Waals surface area contributed by atoms with Gasteiger partial charge in [0.25, 0.3) is 5.91 Å². The number of fused-ring (bicyclic) bond motifs is 3. The van der Waals surface area contributed by atoms with Crippen molar-refractivity contribution in [1.29, 1.82) is 0 Å². The molecule has 42 heavy (non-hydrogen) atoms. The Morgan fingerprint density at radius 1 is 1.10 bits per heavy atom. The summed E-state index contributed by atoms with van der Waals surface area (Å²) in [5, 5.41) is 35.3. The first-order valence-electron chi connectivity index (χ1n) is 13.0. The number of benzene rings is 2. The lowest BCUT2D eigenvalue weighted by Crippen LogP contribution is -2.65. The molecular formula is C29H30Cl2N4O7. The van der Waals surface area contributed by atoms with E-state index in [2.05, 4.69) is 0 Å². The lowest BCUT2D eigenvalue weighted by molar-refractivity contribution is -0.153. The topological polar surface area (TPSA) is 180 Å². The Labute approximate surface area is 251 Å². The van der Waals surface area contributed by atoms with Gasteiger partial charge in [-0.05, 0) is 62.2 Å². The summed E-state index contributed by atoms with van der Waals surface area (Å²) in [5.74, 6) is -0.730. The monoisotopic (exact) mass is 616 g/mol. The Morgan fingerprint density at radius 2 is 1.76 bits per heavy atom. The Balaban J connectivity index is 1.80. The van der Waals surface area contributed by atoms with Gasteiger partial charge in [0.1, 0.15) is 17.1 Å². The number of hydrogen-bond donors (Lipinski definition) is 5. The standard InChI is InChI=1S/C29H30Cl2N4O7/c1-34(2)18-10-13(11-5-6-16(30)17(31)9-11)25(42-33)20-14(18)7-12-8-15-22(35(3)4)24(37)21(28(32)40)27(39)29(15,41)26(38)19(12)23(20)36/h5-6,9-10,12,15,22,36,39,41H,7-8,33H2,1-4H3,(H2,32,40)/t12-,15-,22-,29-/m0/s1. The minimum atomic E-state index is -2.69. The van der Waals surface area contributed by atoms with E-state index in [1.54, 1.807) is 32.3 Å². The number of aliphatic hydroxyl groups excluding tert-OH is 2. The van der Waals surface area contributed by atoms with Gasteiger partial charge in [-0.15, -0.1) is 0 Å². The summed E-state index contributed by atoms with van der Waals surface area (Å²) < 4.78 is 0. The molecule has 0 aliphatic heterocycles. The van der Waals surface area contributed by atoms with Crippen molar-refractivity contribution in [3.05, 3.63) is 62.3 Å². The smallest absolute Gasteiger partial charge is 0.255 e. The van der Waals surface area contributed by atoms with E-state index in [4.69, 9.17) is 39.7 Å². The van der Waals surface area contributed by atoms with E-state index in [0.29, 0.717) is 27.4 Å². The van der Waals surface area contributed by atoms with Crippen molar-refractivity contribution in [2.45, 2.75) is 24.5 Å². The van der Waals surface area contributed by atoms with Crippen LogP contribution in [0.25, 0.3) is 16.9 Å². The third-order valence-corrected chi connectivity index (χ3v) is 9.25. The second-order valence-corrected chi connectivity index (χ2v) is 12.0. The number of halogens is 2. The van der Waals surface area contributed by atoms with Gasteiger partial charge in [0, 0.05) is 36.8 Å². The molecule has 7 N–H and O–H groups in total. The average Bonchev–Trinajstić information content (AvgIpc) is 2.91. The first kappa shape index (κ1) is 29.9. The largest absolute Gasteiger partial charge is 0.508 e. The second-order valence-electron chi connectivity index (χ2n) is 11.2. The number of primary amides is 1. The number of carbonyl (C=O) groups excluding carboxylic acids is 3. The molecule has 0 saturated heterocycles. The number of ketones is 2. The number of rotatable bonds is 5. The SMILES string of the molecule is CN(C)c1cc(-c2ccc(Cl)c(Cl)c2)c(ON)c2c1C[C@H]1C[C@H]3[C@H](N(C)C)C(=O)C(C(N)=O)=C(O)[C@@]3(O)C(=O)C1=C2O. The first-order valence-corrected chi connectivity index (χ1v) is 13.8. The number of nitrogens with two attached hydrogens (primary N) is 2. The summed E-state index contributed by atoms with van der Waals surface area (Å²) in [5.41, 5.74) is 4.12. The Kier molecular flexibility index (Phi) is 7.31. The van der Waals surface area contributed by atoms with Crippen molar-refractivity contribution >= 4 is 52.1 Å². The first-order chi connectivity index (χ1) is 19.7. The highest BCUT2D eigenvalue weighted by atomic mass is 35.5. The van der Waals surface area contributed by atoms with Crippen molar-refractivity contribution in [2.75, 3.05) is 33.1 Å². The molecule has 2 aromatic carbocycles. The second kappa shape index (κ2) is 10.3. The number of amides is 1. The van der Waals surface area contributed by atoms with Crippen LogP contribution in [0.1, 0.15) is 17.5 Å². The number of hydrogen-bond acceptors (Lipinski definition) is 10. The molecule has 0 heterocycles. The Hall–Kier alpha value is -3.61. The lowest BCUT2D eigenvalue weighted by atomic mass is 9.57. The maximum atomic E-state index is 14.2. The van der Waals surface area contributed by atoms with Crippen molar-refractivity contribution in [2.24, 2.45) is 23.5 Å². The van der Waals surface area contributed by atoms with Crippen molar-refractivity contribution in [3.63, 3.8) is 0 Å². The number of nitrogens with zero attached hydrogens (tertiary/aromatic N) is 2. The molecule has 0 unspecified atom stereocenters. The highest BCUT2D eigenvalue weighted by Crippen LogP contribution is 2.55. The van der Waals surface area contributed by atoms with Gasteiger partial charge in [-0.3, -0.25) is 19.3 Å². The molecule has 222 valence electrons. The molecule has 11 nitrogen and oxygen atoms in total. The van der Waals surface area contributed by atoms with Gasteiger partial charge in [-0.1, -0.05) is 29.3 Å². The minimum absolute atomic E-state index is 0.0198. The Morgan fingerprint density at radius 3 is 2.31 bits per heavy atom. The van der Waals surface area contributed by atoms with Crippen LogP contribution in [0.5, 0.6) is 5.75 Å². The van der Waals surface area contributed by atoms with Crippen molar-refractivity contribution in [1.82, 2.24) is 4.90 Å². The number of anilines is 1. The third kappa shape index (κ3) is 4.10. The fourth-order valence-corrected chi connectivity index (χ4v) is 6.98. The van der Waals surface area contributed by atoms with Gasteiger partial charge in [-0.2, -0.15) is 5.90 Å². The number of Topliss-reactive ketones (excluding diaryl/α,β-unsaturated/α-hetero) is 2. The number of carbonyl (C=O) groups is 3. The molecule has 2 aromatic rings. The van der Waals surface area contributed by atoms with Crippen LogP contribution in [0.15, 0.2) is 41.2 Å². The highest BCUT2D eigenvalue weighted by Gasteiger charge is 2.64. The van der Waals surface area contributed by atoms with Gasteiger partial charge in [0.15, 0.2) is 17.1 Å². The van der Waals surface area contributed by atoms with Crippen molar-refractivity contribution < 1.29 is 34.5 Å². The van der Waals surface area contributed by atoms with Crippen LogP contribution in [0.3, 0.4) is 0 Å². The normalized spacial score (nSPS) is 25.3. The van der Waals surface area contributed by atoms with Gasteiger partial charge < -0.3 is 30.8 Å². The Bertz CT molecular complexity index is 1630.